The summed E-state index contributed by atoms with van der Waals surface area (Å²) in [5.74, 6) is 0.558. The van der Waals surface area contributed by atoms with Crippen LogP contribution in [0.25, 0.3) is 45.1 Å². The van der Waals surface area contributed by atoms with Gasteiger partial charge in [-0.05, 0) is 30.3 Å². The number of benzene rings is 3. The molecular weight excluding hydrogens is 424 g/mol. The Morgan fingerprint density at radius 3 is 1.90 bits per heavy atom. The second kappa shape index (κ2) is 7.53. The van der Waals surface area contributed by atoms with Crippen LogP contribution in [0.2, 0.25) is 0 Å². The molecule has 0 aliphatic rings. The molecule has 0 N–H and O–H groups in total. The Labute approximate surface area is 176 Å². The number of aromatic nitrogens is 4. The van der Waals surface area contributed by atoms with Crippen LogP contribution >= 0.6 is 15.9 Å². The van der Waals surface area contributed by atoms with E-state index in [9.17, 15) is 0 Å². The van der Waals surface area contributed by atoms with Crippen LogP contribution in [0.4, 0.5) is 0 Å². The first-order chi connectivity index (χ1) is 14.3. The van der Waals surface area contributed by atoms with Gasteiger partial charge in [0.15, 0.2) is 5.82 Å². The highest BCUT2D eigenvalue weighted by Gasteiger charge is 2.12. The van der Waals surface area contributed by atoms with Gasteiger partial charge in [0.25, 0.3) is 0 Å². The minimum absolute atomic E-state index is 0.558. The Balaban J connectivity index is 1.71. The number of para-hydroxylation sites is 2. The first-order valence-corrected chi connectivity index (χ1v) is 9.98. The fourth-order valence-corrected chi connectivity index (χ4v) is 3.42. The second-order valence-electron chi connectivity index (χ2n) is 6.58. The summed E-state index contributed by atoms with van der Waals surface area (Å²) < 4.78 is 1.03. The van der Waals surface area contributed by atoms with Crippen molar-refractivity contribution in [2.75, 3.05) is 0 Å². The Morgan fingerprint density at radius 2 is 1.17 bits per heavy atom. The molecule has 0 aliphatic heterocycles. The lowest BCUT2D eigenvalue weighted by atomic mass is 10.1. The van der Waals surface area contributed by atoms with Crippen LogP contribution < -0.4 is 0 Å². The van der Waals surface area contributed by atoms with Crippen LogP contribution in [-0.4, -0.2) is 19.9 Å². The highest BCUT2D eigenvalue weighted by Crippen LogP contribution is 2.28. The average molecular weight is 439 g/mol. The van der Waals surface area contributed by atoms with Crippen molar-refractivity contribution in [3.05, 3.63) is 95.6 Å². The van der Waals surface area contributed by atoms with Crippen molar-refractivity contribution < 1.29 is 0 Å². The lowest BCUT2D eigenvalue weighted by molar-refractivity contribution is 1.14. The van der Waals surface area contributed by atoms with E-state index in [-0.39, 0.29) is 0 Å². The second-order valence-corrected chi connectivity index (χ2v) is 7.49. The lowest BCUT2D eigenvalue weighted by Crippen LogP contribution is -1.98. The van der Waals surface area contributed by atoms with Crippen molar-refractivity contribution >= 4 is 27.0 Å². The average Bonchev–Trinajstić information content (AvgIpc) is 2.79. The van der Waals surface area contributed by atoms with Crippen molar-refractivity contribution in [1.82, 2.24) is 19.9 Å². The maximum absolute atomic E-state index is 4.81. The van der Waals surface area contributed by atoms with E-state index in [1.54, 1.807) is 6.20 Å². The van der Waals surface area contributed by atoms with E-state index in [0.717, 1.165) is 38.0 Å². The molecule has 0 saturated heterocycles. The van der Waals surface area contributed by atoms with E-state index >= 15 is 0 Å². The summed E-state index contributed by atoms with van der Waals surface area (Å²) in [4.78, 5) is 18.9. The van der Waals surface area contributed by atoms with Crippen LogP contribution in [0.3, 0.4) is 0 Å². The van der Waals surface area contributed by atoms with Gasteiger partial charge >= 0.3 is 0 Å². The SMILES string of the molecule is Brc1ccc(-c2cc(-c3ccccc3)nc(-c3cnc4ccccc4n3)n2)cc1. The number of fused-ring (bicyclic) bond motifs is 1. The van der Waals surface area contributed by atoms with Crippen molar-refractivity contribution in [2.45, 2.75) is 0 Å². The van der Waals surface area contributed by atoms with Gasteiger partial charge in [0, 0.05) is 15.6 Å². The molecule has 0 radical (unpaired) electrons. The topological polar surface area (TPSA) is 51.6 Å². The third kappa shape index (κ3) is 3.65. The molecule has 5 heteroatoms. The standard InChI is InChI=1S/C24H15BrN4/c25-18-12-10-17(11-13-18)22-14-21(16-6-2-1-3-7-16)28-24(29-22)23-15-26-19-8-4-5-9-20(19)27-23/h1-15H. The van der Waals surface area contributed by atoms with Crippen LogP contribution in [0.15, 0.2) is 95.6 Å². The monoisotopic (exact) mass is 438 g/mol. The normalized spacial score (nSPS) is 10.9. The van der Waals surface area contributed by atoms with Crippen LogP contribution in [0.5, 0.6) is 0 Å². The number of nitrogens with zero attached hydrogens (tertiary/aromatic N) is 4. The van der Waals surface area contributed by atoms with Gasteiger partial charge in [-0.1, -0.05) is 70.5 Å². The van der Waals surface area contributed by atoms with Gasteiger partial charge in [0.1, 0.15) is 5.69 Å². The maximum atomic E-state index is 4.81. The summed E-state index contributed by atoms with van der Waals surface area (Å²) in [5, 5.41) is 0. The van der Waals surface area contributed by atoms with E-state index in [0.29, 0.717) is 11.5 Å². The first kappa shape index (κ1) is 17.6. The van der Waals surface area contributed by atoms with Gasteiger partial charge in [0.05, 0.1) is 28.6 Å². The zero-order chi connectivity index (χ0) is 19.6. The molecule has 3 aromatic carbocycles. The third-order valence-electron chi connectivity index (χ3n) is 4.61. The zero-order valence-corrected chi connectivity index (χ0v) is 16.9. The van der Waals surface area contributed by atoms with Gasteiger partial charge in [-0.25, -0.2) is 15.0 Å². The Bertz CT molecular complexity index is 1300. The Kier molecular flexibility index (Phi) is 4.58. The Morgan fingerprint density at radius 1 is 0.552 bits per heavy atom. The minimum Gasteiger partial charge on any atom is -0.252 e. The van der Waals surface area contributed by atoms with Gasteiger partial charge in [-0.3, -0.25) is 4.98 Å². The number of halogens is 1. The Hall–Kier alpha value is -3.44. The highest BCUT2D eigenvalue weighted by molar-refractivity contribution is 9.10. The van der Waals surface area contributed by atoms with Gasteiger partial charge < -0.3 is 0 Å². The molecule has 138 valence electrons. The quantitative estimate of drug-likeness (QED) is 0.337. The number of hydrogen-bond donors (Lipinski definition) is 0. The summed E-state index contributed by atoms with van der Waals surface area (Å²) in [6, 6.07) is 28.0. The third-order valence-corrected chi connectivity index (χ3v) is 5.14. The molecular formula is C24H15BrN4. The fourth-order valence-electron chi connectivity index (χ4n) is 3.15. The molecule has 0 saturated carbocycles. The van der Waals surface area contributed by atoms with Crippen molar-refractivity contribution in [3.63, 3.8) is 0 Å². The van der Waals surface area contributed by atoms with Crippen molar-refractivity contribution in [1.29, 1.82) is 0 Å². The van der Waals surface area contributed by atoms with Crippen LogP contribution in [0.1, 0.15) is 0 Å². The predicted molar refractivity (Wildman–Crippen MR) is 119 cm³/mol. The molecule has 29 heavy (non-hydrogen) atoms. The summed E-state index contributed by atoms with van der Waals surface area (Å²) in [7, 11) is 0. The van der Waals surface area contributed by atoms with E-state index in [1.165, 1.54) is 0 Å². The number of rotatable bonds is 3. The molecule has 0 aliphatic carbocycles. The van der Waals surface area contributed by atoms with E-state index in [4.69, 9.17) is 15.0 Å². The van der Waals surface area contributed by atoms with Crippen molar-refractivity contribution in [3.8, 4) is 34.0 Å². The summed E-state index contributed by atoms with van der Waals surface area (Å²) in [5.41, 5.74) is 6.07. The van der Waals surface area contributed by atoms with Crippen molar-refractivity contribution in [2.24, 2.45) is 0 Å². The maximum Gasteiger partial charge on any atom is 0.180 e. The summed E-state index contributed by atoms with van der Waals surface area (Å²) in [6.45, 7) is 0. The minimum atomic E-state index is 0.558. The first-order valence-electron chi connectivity index (χ1n) is 9.19. The molecule has 0 bridgehead atoms. The molecule has 5 rings (SSSR count). The summed E-state index contributed by atoms with van der Waals surface area (Å²) in [6.07, 6.45) is 1.73. The highest BCUT2D eigenvalue weighted by atomic mass is 79.9. The molecule has 2 aromatic heterocycles. The molecule has 0 spiro atoms. The zero-order valence-electron chi connectivity index (χ0n) is 15.3. The van der Waals surface area contributed by atoms with Crippen LogP contribution in [0, 0.1) is 0 Å². The molecule has 2 heterocycles. The van der Waals surface area contributed by atoms with Gasteiger partial charge in [-0.2, -0.15) is 0 Å². The van der Waals surface area contributed by atoms with Gasteiger partial charge in [-0.15, -0.1) is 0 Å². The van der Waals surface area contributed by atoms with E-state index < -0.39 is 0 Å². The molecule has 0 atom stereocenters. The largest absolute Gasteiger partial charge is 0.252 e. The van der Waals surface area contributed by atoms with Crippen LogP contribution in [-0.2, 0) is 0 Å². The molecule has 0 amide bonds. The fraction of sp³-hybridized carbons (Fsp3) is 0. The predicted octanol–water partition coefficient (Wildman–Crippen LogP) is 6.18. The lowest BCUT2D eigenvalue weighted by Gasteiger charge is -2.09. The molecule has 5 aromatic rings. The molecule has 0 fully saturated rings. The smallest absolute Gasteiger partial charge is 0.180 e. The summed E-state index contributed by atoms with van der Waals surface area (Å²) >= 11 is 3.49. The van der Waals surface area contributed by atoms with E-state index in [1.807, 2.05) is 84.9 Å². The molecule has 0 unspecified atom stereocenters. The molecule has 4 nitrogen and oxygen atoms in total. The van der Waals surface area contributed by atoms with Gasteiger partial charge in [0.2, 0.25) is 0 Å². The van der Waals surface area contributed by atoms with E-state index in [2.05, 4.69) is 20.9 Å². The number of hydrogen-bond acceptors (Lipinski definition) is 4.